The van der Waals surface area contributed by atoms with Crippen LogP contribution >= 0.6 is 11.8 Å². The number of nitrogens with zero attached hydrogens (tertiary/aromatic N) is 1. The molecule has 2 rings (SSSR count). The number of guanidine groups is 1. The van der Waals surface area contributed by atoms with E-state index in [0.29, 0.717) is 19.0 Å². The van der Waals surface area contributed by atoms with Crippen molar-refractivity contribution in [3.05, 3.63) is 59.4 Å². The normalized spacial score (nSPS) is 12.1. The van der Waals surface area contributed by atoms with Crippen LogP contribution in [0.3, 0.4) is 0 Å². The Bertz CT molecular complexity index is 931. The van der Waals surface area contributed by atoms with Crippen molar-refractivity contribution >= 4 is 27.6 Å². The van der Waals surface area contributed by atoms with Gasteiger partial charge in [-0.25, -0.2) is 17.8 Å². The maximum Gasteiger partial charge on any atom is 0.191 e. The van der Waals surface area contributed by atoms with E-state index in [9.17, 15) is 12.8 Å². The molecule has 0 saturated heterocycles. The molecule has 0 amide bonds. The summed E-state index contributed by atoms with van der Waals surface area (Å²) in [5.41, 5.74) is 2.30. The summed E-state index contributed by atoms with van der Waals surface area (Å²) in [6, 6.07) is 11.6. The summed E-state index contributed by atoms with van der Waals surface area (Å²) < 4.78 is 38.5. The Morgan fingerprint density at radius 1 is 1.18 bits per heavy atom. The molecule has 2 aromatic rings. The van der Waals surface area contributed by atoms with Crippen LogP contribution in [0.25, 0.3) is 0 Å². The molecule has 0 aliphatic carbocycles. The van der Waals surface area contributed by atoms with E-state index in [-0.39, 0.29) is 17.2 Å². The summed E-state index contributed by atoms with van der Waals surface area (Å²) in [6.45, 7) is 5.24. The number of nitrogens with one attached hydrogen (secondary N) is 2. The van der Waals surface area contributed by atoms with Crippen LogP contribution in [-0.2, 0) is 16.4 Å². The minimum Gasteiger partial charge on any atom is -0.357 e. The van der Waals surface area contributed by atoms with Crippen LogP contribution in [0, 0.1) is 12.7 Å². The van der Waals surface area contributed by atoms with Crippen LogP contribution in [0.4, 0.5) is 4.39 Å². The summed E-state index contributed by atoms with van der Waals surface area (Å²) in [6.07, 6.45) is 2.03. The topological polar surface area (TPSA) is 70.6 Å². The van der Waals surface area contributed by atoms with Crippen molar-refractivity contribution in [2.24, 2.45) is 4.99 Å². The molecule has 0 saturated carbocycles. The molecular weight excluding hydrogens is 397 g/mol. The average molecular weight is 424 g/mol. The number of halogens is 1. The lowest BCUT2D eigenvalue weighted by molar-refractivity contribution is 0.566. The third-order valence-corrected chi connectivity index (χ3v) is 6.59. The van der Waals surface area contributed by atoms with Crippen LogP contribution in [0.2, 0.25) is 0 Å². The molecule has 0 atom stereocenters. The van der Waals surface area contributed by atoms with E-state index in [4.69, 9.17) is 0 Å². The van der Waals surface area contributed by atoms with Crippen molar-refractivity contribution in [3.8, 4) is 0 Å². The van der Waals surface area contributed by atoms with Gasteiger partial charge in [-0.2, -0.15) is 0 Å². The number of benzene rings is 2. The van der Waals surface area contributed by atoms with Gasteiger partial charge in [-0.3, -0.25) is 0 Å². The van der Waals surface area contributed by atoms with Crippen LogP contribution < -0.4 is 10.6 Å². The third-order valence-electron chi connectivity index (χ3n) is 4.03. The van der Waals surface area contributed by atoms with Gasteiger partial charge >= 0.3 is 0 Å². The number of thioether (sulfide) groups is 1. The zero-order chi connectivity index (χ0) is 20.6. The lowest BCUT2D eigenvalue weighted by Crippen LogP contribution is -2.39. The SMILES string of the molecule is CCNC(=NCc1ccc(C)cc1SC)NCCS(=O)(=O)c1ccccc1F. The minimum atomic E-state index is -3.71. The van der Waals surface area contributed by atoms with Crippen molar-refractivity contribution in [3.63, 3.8) is 0 Å². The first-order valence-electron chi connectivity index (χ1n) is 9.00. The lowest BCUT2D eigenvalue weighted by Gasteiger charge is -2.13. The number of aryl methyl sites for hydroxylation is 1. The van der Waals surface area contributed by atoms with Gasteiger partial charge in [-0.1, -0.05) is 24.3 Å². The molecule has 0 spiro atoms. The first-order valence-corrected chi connectivity index (χ1v) is 11.9. The second-order valence-electron chi connectivity index (χ2n) is 6.19. The summed E-state index contributed by atoms with van der Waals surface area (Å²) in [5, 5.41) is 6.12. The number of hydrogen-bond acceptors (Lipinski definition) is 4. The Labute approximate surface area is 170 Å². The van der Waals surface area contributed by atoms with Crippen LogP contribution in [-0.4, -0.2) is 39.5 Å². The summed E-state index contributed by atoms with van der Waals surface area (Å²) in [7, 11) is -3.71. The molecule has 0 unspecified atom stereocenters. The predicted octanol–water partition coefficient (Wildman–Crippen LogP) is 3.39. The molecule has 8 heteroatoms. The quantitative estimate of drug-likeness (QED) is 0.387. The second-order valence-corrected chi connectivity index (χ2v) is 9.11. The van der Waals surface area contributed by atoms with Gasteiger partial charge in [0.05, 0.1) is 12.3 Å². The molecule has 0 radical (unpaired) electrons. The Morgan fingerprint density at radius 2 is 1.93 bits per heavy atom. The van der Waals surface area contributed by atoms with E-state index in [1.54, 1.807) is 11.8 Å². The van der Waals surface area contributed by atoms with Gasteiger partial charge in [0.2, 0.25) is 0 Å². The predicted molar refractivity (Wildman–Crippen MR) is 114 cm³/mol. The zero-order valence-corrected chi connectivity index (χ0v) is 18.0. The van der Waals surface area contributed by atoms with Gasteiger partial charge in [0.15, 0.2) is 15.8 Å². The van der Waals surface area contributed by atoms with Crippen molar-refractivity contribution in [1.29, 1.82) is 0 Å². The largest absolute Gasteiger partial charge is 0.357 e. The van der Waals surface area contributed by atoms with Crippen molar-refractivity contribution in [2.75, 3.05) is 25.1 Å². The zero-order valence-electron chi connectivity index (χ0n) is 16.3. The molecule has 2 N–H and O–H groups in total. The number of aliphatic imine (C=N–C) groups is 1. The Kier molecular flexibility index (Phi) is 8.32. The smallest absolute Gasteiger partial charge is 0.191 e. The number of sulfone groups is 1. The van der Waals surface area contributed by atoms with Crippen LogP contribution in [0.1, 0.15) is 18.1 Å². The molecule has 5 nitrogen and oxygen atoms in total. The van der Waals surface area contributed by atoms with E-state index >= 15 is 0 Å². The van der Waals surface area contributed by atoms with E-state index in [2.05, 4.69) is 34.7 Å². The standard InChI is InChI=1S/C20H26FN3O2S2/c1-4-22-20(24-14-16-10-9-15(2)13-18(16)27-3)23-11-12-28(25,26)19-8-6-5-7-17(19)21/h5-10,13H,4,11-12,14H2,1-3H3,(H2,22,23,24). The first-order chi connectivity index (χ1) is 13.4. The Hall–Kier alpha value is -2.06. The highest BCUT2D eigenvalue weighted by Gasteiger charge is 2.18. The van der Waals surface area contributed by atoms with Crippen LogP contribution in [0.5, 0.6) is 0 Å². The molecule has 28 heavy (non-hydrogen) atoms. The van der Waals surface area contributed by atoms with E-state index in [0.717, 1.165) is 11.6 Å². The Morgan fingerprint density at radius 3 is 2.61 bits per heavy atom. The number of rotatable bonds is 8. The molecule has 0 aliphatic rings. The number of hydrogen-bond donors (Lipinski definition) is 2. The van der Waals surface area contributed by atoms with Crippen LogP contribution in [0.15, 0.2) is 57.2 Å². The fourth-order valence-corrected chi connectivity index (χ4v) is 4.54. The first kappa shape index (κ1) is 22.2. The van der Waals surface area contributed by atoms with Crippen molar-refractivity contribution in [2.45, 2.75) is 30.2 Å². The van der Waals surface area contributed by atoms with Gasteiger partial charge in [-0.05, 0) is 49.4 Å². The van der Waals surface area contributed by atoms with E-state index in [1.165, 1.54) is 28.7 Å². The van der Waals surface area contributed by atoms with Gasteiger partial charge in [0, 0.05) is 18.0 Å². The highest BCUT2D eigenvalue weighted by atomic mass is 32.2. The molecule has 0 heterocycles. The second kappa shape index (κ2) is 10.5. The molecular formula is C20H26FN3O2S2. The Balaban J connectivity index is 2.03. The van der Waals surface area contributed by atoms with Gasteiger partial charge in [0.25, 0.3) is 0 Å². The molecule has 0 fully saturated rings. The highest BCUT2D eigenvalue weighted by molar-refractivity contribution is 7.98. The van der Waals surface area contributed by atoms with Gasteiger partial charge in [-0.15, -0.1) is 11.8 Å². The molecule has 0 aliphatic heterocycles. The van der Waals surface area contributed by atoms with Crippen molar-refractivity contribution in [1.82, 2.24) is 10.6 Å². The average Bonchev–Trinajstić information content (AvgIpc) is 2.66. The van der Waals surface area contributed by atoms with E-state index < -0.39 is 15.7 Å². The van der Waals surface area contributed by atoms with E-state index in [1.807, 2.05) is 19.2 Å². The molecule has 0 aromatic heterocycles. The fourth-order valence-electron chi connectivity index (χ4n) is 2.60. The molecule has 0 bridgehead atoms. The summed E-state index contributed by atoms with van der Waals surface area (Å²) in [5.74, 6) is -0.426. The maximum atomic E-state index is 13.8. The molecule has 152 valence electrons. The summed E-state index contributed by atoms with van der Waals surface area (Å²) >= 11 is 1.67. The van der Waals surface area contributed by atoms with Gasteiger partial charge < -0.3 is 10.6 Å². The fraction of sp³-hybridized carbons (Fsp3) is 0.350. The monoisotopic (exact) mass is 423 g/mol. The van der Waals surface area contributed by atoms with Crippen molar-refractivity contribution < 1.29 is 12.8 Å². The van der Waals surface area contributed by atoms with Gasteiger partial charge in [0.1, 0.15) is 10.7 Å². The molecule has 2 aromatic carbocycles. The summed E-state index contributed by atoms with van der Waals surface area (Å²) in [4.78, 5) is 5.44. The maximum absolute atomic E-state index is 13.8. The highest BCUT2D eigenvalue weighted by Crippen LogP contribution is 2.22. The lowest BCUT2D eigenvalue weighted by atomic mass is 10.1. The third kappa shape index (κ3) is 6.24. The minimum absolute atomic E-state index is 0.131.